The van der Waals surface area contributed by atoms with E-state index in [0.717, 1.165) is 11.3 Å². The third kappa shape index (κ3) is 3.33. The first-order valence-electron chi connectivity index (χ1n) is 7.64. The summed E-state index contributed by atoms with van der Waals surface area (Å²) in [6.45, 7) is 0. The van der Waals surface area contributed by atoms with Crippen LogP contribution in [0, 0.1) is 0 Å². The molecule has 0 spiro atoms. The number of carbonyl (C=O) groups is 2. The number of rotatable bonds is 3. The minimum Gasteiger partial charge on any atom is -0.497 e. The summed E-state index contributed by atoms with van der Waals surface area (Å²) in [5.41, 5.74) is 1.52. The highest BCUT2D eigenvalue weighted by Gasteiger charge is 2.37. The van der Waals surface area contributed by atoms with E-state index in [9.17, 15) is 9.59 Å². The van der Waals surface area contributed by atoms with Gasteiger partial charge < -0.3 is 4.74 Å². The maximum atomic E-state index is 12.6. The van der Waals surface area contributed by atoms with E-state index < -0.39 is 5.92 Å². The lowest BCUT2D eigenvalue weighted by atomic mass is 9.74. The Morgan fingerprint density at radius 2 is 1.58 bits per heavy atom. The molecule has 0 atom stereocenters. The van der Waals surface area contributed by atoms with Gasteiger partial charge in [0.1, 0.15) is 23.2 Å². The summed E-state index contributed by atoms with van der Waals surface area (Å²) in [5.74, 6) is -0.340. The molecule has 0 heterocycles. The molecule has 0 unspecified atom stereocenters. The lowest BCUT2D eigenvalue weighted by molar-refractivity contribution is -0.132. The highest BCUT2D eigenvalue weighted by atomic mass is 35.5. The molecule has 5 heteroatoms. The summed E-state index contributed by atoms with van der Waals surface area (Å²) in [6.07, 6.45) is 0.642. The number of hydrogen-bond acceptors (Lipinski definition) is 3. The molecule has 0 saturated heterocycles. The fourth-order valence-corrected chi connectivity index (χ4v) is 3.69. The fraction of sp³-hybridized carbons (Fsp3) is 0.263. The maximum absolute atomic E-state index is 12.6. The van der Waals surface area contributed by atoms with Gasteiger partial charge in [0.25, 0.3) is 0 Å². The number of Topliss-reactive ketones (excluding diaryl/α,β-unsaturated/α-hetero) is 2. The third-order valence-electron chi connectivity index (χ3n) is 4.40. The number of ether oxygens (including phenoxy) is 1. The average Bonchev–Trinajstić information content (AvgIpc) is 2.56. The predicted molar refractivity (Wildman–Crippen MR) is 94.2 cm³/mol. The summed E-state index contributed by atoms with van der Waals surface area (Å²) in [5, 5.41) is 0.840. The topological polar surface area (TPSA) is 43.4 Å². The van der Waals surface area contributed by atoms with Crippen molar-refractivity contribution in [2.45, 2.75) is 24.7 Å². The van der Waals surface area contributed by atoms with E-state index in [0.29, 0.717) is 28.5 Å². The van der Waals surface area contributed by atoms with Gasteiger partial charge >= 0.3 is 0 Å². The molecule has 0 aliphatic heterocycles. The summed E-state index contributed by atoms with van der Waals surface area (Å²) in [4.78, 5) is 25.2. The molecular weight excluding hydrogens is 347 g/mol. The first-order valence-corrected chi connectivity index (χ1v) is 8.39. The van der Waals surface area contributed by atoms with Gasteiger partial charge in [-0.05, 0) is 41.3 Å². The third-order valence-corrected chi connectivity index (χ3v) is 4.96. The van der Waals surface area contributed by atoms with Crippen LogP contribution in [0.5, 0.6) is 5.75 Å². The molecule has 2 aromatic rings. The molecule has 1 aliphatic carbocycles. The molecule has 0 N–H and O–H groups in total. The van der Waals surface area contributed by atoms with Crippen molar-refractivity contribution >= 4 is 34.8 Å². The predicted octanol–water partition coefficient (Wildman–Crippen LogP) is 4.80. The Morgan fingerprint density at radius 3 is 2.12 bits per heavy atom. The van der Waals surface area contributed by atoms with Crippen molar-refractivity contribution in [3.8, 4) is 5.75 Å². The van der Waals surface area contributed by atoms with Gasteiger partial charge in [0.15, 0.2) is 0 Å². The molecule has 124 valence electrons. The second kappa shape index (κ2) is 6.96. The van der Waals surface area contributed by atoms with Crippen LogP contribution >= 0.6 is 23.2 Å². The molecule has 1 saturated carbocycles. The summed E-state index contributed by atoms with van der Waals surface area (Å²) in [6, 6.07) is 12.4. The van der Waals surface area contributed by atoms with Gasteiger partial charge in [0.05, 0.1) is 7.11 Å². The fourth-order valence-electron chi connectivity index (χ4n) is 3.17. The molecule has 2 aromatic carbocycles. The summed E-state index contributed by atoms with van der Waals surface area (Å²) >= 11 is 12.1. The van der Waals surface area contributed by atoms with Crippen molar-refractivity contribution in [3.05, 3.63) is 63.6 Å². The molecule has 0 bridgehead atoms. The quantitative estimate of drug-likeness (QED) is 0.736. The van der Waals surface area contributed by atoms with E-state index in [-0.39, 0.29) is 17.5 Å². The van der Waals surface area contributed by atoms with Crippen LogP contribution in [-0.4, -0.2) is 18.7 Å². The van der Waals surface area contributed by atoms with Crippen molar-refractivity contribution in [2.75, 3.05) is 7.11 Å². The van der Waals surface area contributed by atoms with Crippen LogP contribution in [0.15, 0.2) is 42.5 Å². The summed E-state index contributed by atoms with van der Waals surface area (Å²) in [7, 11) is 1.60. The molecule has 24 heavy (non-hydrogen) atoms. The smallest absolute Gasteiger partial charge is 0.148 e. The van der Waals surface area contributed by atoms with Crippen LogP contribution in [0.25, 0.3) is 0 Å². The molecule has 0 amide bonds. The Hall–Kier alpha value is -1.84. The largest absolute Gasteiger partial charge is 0.497 e. The molecule has 3 nitrogen and oxygen atoms in total. The van der Waals surface area contributed by atoms with E-state index in [4.69, 9.17) is 27.9 Å². The molecule has 1 aliphatic rings. The number of carbonyl (C=O) groups excluding carboxylic acids is 2. The molecule has 0 radical (unpaired) electrons. The standard InChI is InChI=1S/C19H16Cl2O3/c1-24-14-5-2-11(3-6-14)12-8-17(22)19(18(23)9-12)15-7-4-13(20)10-16(15)21/h2-7,10,12,19H,8-9H2,1H3. The zero-order chi connectivity index (χ0) is 17.3. The normalized spacial score (nSPS) is 21.0. The Morgan fingerprint density at radius 1 is 0.958 bits per heavy atom. The Balaban J connectivity index is 1.83. The van der Waals surface area contributed by atoms with E-state index in [1.165, 1.54) is 0 Å². The van der Waals surface area contributed by atoms with Crippen LogP contribution < -0.4 is 4.74 Å². The van der Waals surface area contributed by atoms with Crippen LogP contribution in [-0.2, 0) is 9.59 Å². The van der Waals surface area contributed by atoms with Crippen molar-refractivity contribution in [2.24, 2.45) is 0 Å². The zero-order valence-corrected chi connectivity index (χ0v) is 14.6. The van der Waals surface area contributed by atoms with Gasteiger partial charge in [-0.1, -0.05) is 41.4 Å². The average molecular weight is 363 g/mol. The molecule has 3 rings (SSSR count). The number of halogens is 2. The van der Waals surface area contributed by atoms with Gasteiger partial charge in [-0.25, -0.2) is 0 Å². The van der Waals surface area contributed by atoms with Crippen LogP contribution in [0.4, 0.5) is 0 Å². The highest BCUT2D eigenvalue weighted by molar-refractivity contribution is 6.35. The van der Waals surface area contributed by atoms with Crippen LogP contribution in [0.2, 0.25) is 10.0 Å². The maximum Gasteiger partial charge on any atom is 0.148 e. The minimum atomic E-state index is -0.788. The van der Waals surface area contributed by atoms with Gasteiger partial charge in [-0.15, -0.1) is 0 Å². The Labute approximate surface area is 150 Å². The van der Waals surface area contributed by atoms with Crippen molar-refractivity contribution in [1.82, 2.24) is 0 Å². The second-order valence-electron chi connectivity index (χ2n) is 5.91. The molecular formula is C19H16Cl2O3. The number of hydrogen-bond donors (Lipinski definition) is 0. The van der Waals surface area contributed by atoms with E-state index >= 15 is 0 Å². The lowest BCUT2D eigenvalue weighted by Crippen LogP contribution is -2.31. The summed E-state index contributed by atoms with van der Waals surface area (Å²) < 4.78 is 5.14. The van der Waals surface area contributed by atoms with Gasteiger partial charge in [-0.3, -0.25) is 9.59 Å². The van der Waals surface area contributed by atoms with Gasteiger partial charge in [0, 0.05) is 22.9 Å². The van der Waals surface area contributed by atoms with Crippen molar-refractivity contribution < 1.29 is 14.3 Å². The lowest BCUT2D eigenvalue weighted by Gasteiger charge is -2.27. The highest BCUT2D eigenvalue weighted by Crippen LogP contribution is 2.39. The van der Waals surface area contributed by atoms with E-state index in [1.54, 1.807) is 25.3 Å². The SMILES string of the molecule is COc1ccc(C2CC(=O)C(c3ccc(Cl)cc3Cl)C(=O)C2)cc1. The minimum absolute atomic E-state index is 0.0989. The number of ketones is 2. The van der Waals surface area contributed by atoms with Crippen LogP contribution in [0.3, 0.4) is 0 Å². The monoisotopic (exact) mass is 362 g/mol. The van der Waals surface area contributed by atoms with Gasteiger partial charge in [0.2, 0.25) is 0 Å². The van der Waals surface area contributed by atoms with Gasteiger partial charge in [-0.2, -0.15) is 0 Å². The molecule has 1 fully saturated rings. The second-order valence-corrected chi connectivity index (χ2v) is 6.75. The van der Waals surface area contributed by atoms with Crippen molar-refractivity contribution in [1.29, 1.82) is 0 Å². The van der Waals surface area contributed by atoms with E-state index in [2.05, 4.69) is 0 Å². The molecule has 0 aromatic heterocycles. The first kappa shape index (κ1) is 17.0. The first-order chi connectivity index (χ1) is 11.5. The Bertz CT molecular complexity index is 766. The van der Waals surface area contributed by atoms with E-state index in [1.807, 2.05) is 24.3 Å². The number of methoxy groups -OCH3 is 1. The van der Waals surface area contributed by atoms with Crippen molar-refractivity contribution in [3.63, 3.8) is 0 Å². The van der Waals surface area contributed by atoms with Crippen LogP contribution in [0.1, 0.15) is 35.8 Å². The number of benzene rings is 2. The zero-order valence-electron chi connectivity index (χ0n) is 13.1. The Kier molecular flexibility index (Phi) is 4.93.